The van der Waals surface area contributed by atoms with Gasteiger partial charge in [-0.05, 0) is 30.0 Å². The van der Waals surface area contributed by atoms with Gasteiger partial charge >= 0.3 is 5.97 Å². The van der Waals surface area contributed by atoms with Crippen LogP contribution in [0, 0.1) is 18.3 Å². The quantitative estimate of drug-likeness (QED) is 0.817. The average molecular weight is 203 g/mol. The van der Waals surface area contributed by atoms with Gasteiger partial charge in [-0.2, -0.15) is 5.26 Å². The van der Waals surface area contributed by atoms with Crippen molar-refractivity contribution in [2.45, 2.75) is 26.7 Å². The summed E-state index contributed by atoms with van der Waals surface area (Å²) in [6.07, 6.45) is 0.665. The number of carbonyl (C=O) groups is 1. The van der Waals surface area contributed by atoms with Gasteiger partial charge in [0.15, 0.2) is 0 Å². The van der Waals surface area contributed by atoms with Crippen LogP contribution in [0.3, 0.4) is 0 Å². The van der Waals surface area contributed by atoms with E-state index in [9.17, 15) is 4.79 Å². The minimum atomic E-state index is -0.905. The van der Waals surface area contributed by atoms with E-state index in [1.54, 1.807) is 6.07 Å². The summed E-state index contributed by atoms with van der Waals surface area (Å²) in [5.74, 6) is -0.905. The van der Waals surface area contributed by atoms with Crippen LogP contribution in [-0.4, -0.2) is 11.1 Å². The maximum absolute atomic E-state index is 10.6. The molecule has 1 rings (SSSR count). The summed E-state index contributed by atoms with van der Waals surface area (Å²) in [6, 6.07) is 5.69. The number of nitrogens with zero attached hydrogens (tertiary/aromatic N) is 1. The summed E-state index contributed by atoms with van der Waals surface area (Å²) < 4.78 is 0. The second-order valence-corrected chi connectivity index (χ2v) is 3.43. The van der Waals surface area contributed by atoms with Crippen LogP contribution in [0.25, 0.3) is 0 Å². The van der Waals surface area contributed by atoms with Gasteiger partial charge in [-0.25, -0.2) is 0 Å². The molecule has 0 radical (unpaired) electrons. The van der Waals surface area contributed by atoms with E-state index in [1.165, 1.54) is 0 Å². The molecule has 0 bridgehead atoms. The molecular formula is C12H13NO2. The molecule has 3 nitrogen and oxygen atoms in total. The van der Waals surface area contributed by atoms with Crippen LogP contribution in [-0.2, 0) is 17.6 Å². The highest BCUT2D eigenvalue weighted by Crippen LogP contribution is 2.19. The minimum absolute atomic E-state index is 0.0871. The molecule has 0 unspecified atom stereocenters. The maximum atomic E-state index is 10.6. The molecule has 78 valence electrons. The Morgan fingerprint density at radius 2 is 2.20 bits per heavy atom. The predicted molar refractivity (Wildman–Crippen MR) is 56.6 cm³/mol. The van der Waals surface area contributed by atoms with Crippen LogP contribution in [0.2, 0.25) is 0 Å². The molecule has 0 saturated heterocycles. The summed E-state index contributed by atoms with van der Waals surface area (Å²) in [7, 11) is 0. The molecule has 0 fully saturated rings. The van der Waals surface area contributed by atoms with Gasteiger partial charge in [-0.15, -0.1) is 0 Å². The van der Waals surface area contributed by atoms with Gasteiger partial charge in [0.25, 0.3) is 0 Å². The highest BCUT2D eigenvalue weighted by Gasteiger charge is 2.11. The first-order valence-electron chi connectivity index (χ1n) is 4.83. The highest BCUT2D eigenvalue weighted by molar-refractivity contribution is 5.72. The molecule has 0 atom stereocenters. The Morgan fingerprint density at radius 1 is 1.53 bits per heavy atom. The van der Waals surface area contributed by atoms with E-state index in [4.69, 9.17) is 10.4 Å². The Kier molecular flexibility index (Phi) is 3.46. The molecule has 15 heavy (non-hydrogen) atoms. The molecule has 1 aromatic carbocycles. The summed E-state index contributed by atoms with van der Waals surface area (Å²) in [5, 5.41) is 17.7. The van der Waals surface area contributed by atoms with Crippen molar-refractivity contribution in [3.63, 3.8) is 0 Å². The fourth-order valence-corrected chi connectivity index (χ4v) is 1.71. The topological polar surface area (TPSA) is 61.1 Å². The fraction of sp³-hybridized carbons (Fsp3) is 0.333. The van der Waals surface area contributed by atoms with Gasteiger partial charge in [0, 0.05) is 0 Å². The maximum Gasteiger partial charge on any atom is 0.307 e. The van der Waals surface area contributed by atoms with Crippen molar-refractivity contribution >= 4 is 5.97 Å². The second kappa shape index (κ2) is 4.61. The number of aliphatic carboxylic acids is 1. The van der Waals surface area contributed by atoms with Crippen LogP contribution in [0.1, 0.15) is 29.2 Å². The van der Waals surface area contributed by atoms with E-state index >= 15 is 0 Å². The van der Waals surface area contributed by atoms with Crippen LogP contribution >= 0.6 is 0 Å². The van der Waals surface area contributed by atoms with Crippen molar-refractivity contribution < 1.29 is 9.90 Å². The van der Waals surface area contributed by atoms with Gasteiger partial charge in [-0.1, -0.05) is 19.1 Å². The Bertz CT molecular complexity index is 430. The zero-order chi connectivity index (χ0) is 11.4. The molecule has 0 amide bonds. The third-order valence-electron chi connectivity index (χ3n) is 2.44. The number of carboxylic acids is 1. The Hall–Kier alpha value is -1.82. The van der Waals surface area contributed by atoms with Crippen LogP contribution in [0.15, 0.2) is 12.1 Å². The van der Waals surface area contributed by atoms with E-state index < -0.39 is 5.97 Å². The number of hydrogen-bond donors (Lipinski definition) is 1. The molecule has 0 saturated carbocycles. The lowest BCUT2D eigenvalue weighted by atomic mass is 9.94. The van der Waals surface area contributed by atoms with E-state index in [0.717, 1.165) is 17.5 Å². The zero-order valence-electron chi connectivity index (χ0n) is 8.87. The minimum Gasteiger partial charge on any atom is -0.481 e. The molecule has 1 aromatic rings. The molecule has 0 aromatic heterocycles. The van der Waals surface area contributed by atoms with Crippen LogP contribution in [0.4, 0.5) is 0 Å². The van der Waals surface area contributed by atoms with E-state index in [1.807, 2.05) is 19.9 Å². The second-order valence-electron chi connectivity index (χ2n) is 3.43. The van der Waals surface area contributed by atoms with E-state index in [0.29, 0.717) is 11.1 Å². The van der Waals surface area contributed by atoms with Gasteiger partial charge in [0.2, 0.25) is 0 Å². The van der Waals surface area contributed by atoms with E-state index in [2.05, 4.69) is 6.07 Å². The zero-order valence-corrected chi connectivity index (χ0v) is 8.87. The van der Waals surface area contributed by atoms with Crippen LogP contribution in [0.5, 0.6) is 0 Å². The first kappa shape index (κ1) is 11.3. The van der Waals surface area contributed by atoms with Gasteiger partial charge < -0.3 is 5.11 Å². The van der Waals surface area contributed by atoms with Gasteiger partial charge in [-0.3, -0.25) is 4.79 Å². The third-order valence-corrected chi connectivity index (χ3v) is 2.44. The lowest BCUT2D eigenvalue weighted by Crippen LogP contribution is -2.05. The Labute approximate surface area is 89.0 Å². The molecule has 0 aliphatic rings. The first-order valence-corrected chi connectivity index (χ1v) is 4.83. The largest absolute Gasteiger partial charge is 0.481 e. The summed E-state index contributed by atoms with van der Waals surface area (Å²) in [4.78, 5) is 10.6. The fourth-order valence-electron chi connectivity index (χ4n) is 1.71. The molecule has 0 aliphatic heterocycles. The number of carboxylic acid groups (broad SMARTS) is 1. The Balaban J connectivity index is 3.30. The standard InChI is InChI=1S/C12H13NO2/c1-3-10-8(2)4-5-9(6-12(14)15)11(10)7-13/h4-5H,3,6H2,1-2H3,(H,14,15). The molecule has 0 aliphatic carbocycles. The van der Waals surface area contributed by atoms with Crippen molar-refractivity contribution in [2.75, 3.05) is 0 Å². The average Bonchev–Trinajstić information content (AvgIpc) is 2.19. The van der Waals surface area contributed by atoms with Crippen molar-refractivity contribution in [1.29, 1.82) is 5.26 Å². The first-order chi connectivity index (χ1) is 7.10. The van der Waals surface area contributed by atoms with E-state index in [-0.39, 0.29) is 6.42 Å². The smallest absolute Gasteiger partial charge is 0.307 e. The predicted octanol–water partition coefficient (Wildman–Crippen LogP) is 2.06. The normalized spacial score (nSPS) is 9.67. The van der Waals surface area contributed by atoms with Crippen molar-refractivity contribution in [1.82, 2.24) is 0 Å². The molecule has 3 heteroatoms. The summed E-state index contributed by atoms with van der Waals surface area (Å²) in [6.45, 7) is 3.90. The molecular weight excluding hydrogens is 190 g/mol. The number of benzene rings is 1. The number of nitriles is 1. The Morgan fingerprint density at radius 3 is 2.67 bits per heavy atom. The van der Waals surface area contributed by atoms with Crippen molar-refractivity contribution in [2.24, 2.45) is 0 Å². The lowest BCUT2D eigenvalue weighted by molar-refractivity contribution is -0.136. The van der Waals surface area contributed by atoms with Crippen LogP contribution < -0.4 is 0 Å². The van der Waals surface area contributed by atoms with Crippen molar-refractivity contribution in [3.8, 4) is 6.07 Å². The summed E-state index contributed by atoms with van der Waals surface area (Å²) >= 11 is 0. The van der Waals surface area contributed by atoms with Gasteiger partial charge in [0.1, 0.15) is 0 Å². The molecule has 0 heterocycles. The molecule has 0 spiro atoms. The number of aryl methyl sites for hydroxylation is 1. The monoisotopic (exact) mass is 203 g/mol. The van der Waals surface area contributed by atoms with Gasteiger partial charge in [0.05, 0.1) is 18.1 Å². The highest BCUT2D eigenvalue weighted by atomic mass is 16.4. The third kappa shape index (κ3) is 2.35. The summed E-state index contributed by atoms with van der Waals surface area (Å²) in [5.41, 5.74) is 3.13. The number of hydrogen-bond acceptors (Lipinski definition) is 2. The van der Waals surface area contributed by atoms with Crippen molar-refractivity contribution in [3.05, 3.63) is 34.4 Å². The number of rotatable bonds is 3. The SMILES string of the molecule is CCc1c(C)ccc(CC(=O)O)c1C#N. The lowest BCUT2D eigenvalue weighted by Gasteiger charge is -2.09. The molecule has 1 N–H and O–H groups in total.